The lowest BCUT2D eigenvalue weighted by atomic mass is 10.3. The van der Waals surface area contributed by atoms with E-state index in [9.17, 15) is 0 Å². The van der Waals surface area contributed by atoms with Gasteiger partial charge in [0, 0.05) is 65.2 Å². The summed E-state index contributed by atoms with van der Waals surface area (Å²) in [7, 11) is 4.25. The number of aryl methyl sites for hydroxylation is 4. The van der Waals surface area contributed by atoms with Gasteiger partial charge in [-0.05, 0) is 83.3 Å². The van der Waals surface area contributed by atoms with Gasteiger partial charge in [0.05, 0.1) is 20.3 Å². The first kappa shape index (κ1) is 33.1. The topological polar surface area (TPSA) is 178 Å². The Labute approximate surface area is 292 Å². The summed E-state index contributed by atoms with van der Waals surface area (Å²) in [6.07, 6.45) is 0.925. The van der Waals surface area contributed by atoms with Gasteiger partial charge in [-0.1, -0.05) is 0 Å². The number of halogens is 2. The maximum absolute atomic E-state index is 6.45. The van der Waals surface area contributed by atoms with Crippen molar-refractivity contribution in [1.82, 2.24) is 59.5 Å². The smallest absolute Gasteiger partial charge is 0.226 e. The van der Waals surface area contributed by atoms with Crippen molar-refractivity contribution in [1.29, 1.82) is 0 Å². The Kier molecular flexibility index (Phi) is 10.2. The van der Waals surface area contributed by atoms with E-state index in [0.717, 1.165) is 82.7 Å². The van der Waals surface area contributed by atoms with E-state index in [1.807, 2.05) is 13.8 Å². The van der Waals surface area contributed by atoms with E-state index in [1.165, 1.54) is 32.9 Å². The Hall–Kier alpha value is -2.78. The normalized spacial score (nSPS) is 16.5. The second-order valence-electron chi connectivity index (χ2n) is 11.3. The van der Waals surface area contributed by atoms with Crippen LogP contribution in [0.1, 0.15) is 23.0 Å². The molecule has 0 spiro atoms. The van der Waals surface area contributed by atoms with E-state index in [0.29, 0.717) is 46.7 Å². The molecule has 0 aromatic carbocycles. The van der Waals surface area contributed by atoms with Gasteiger partial charge in [0.25, 0.3) is 0 Å². The summed E-state index contributed by atoms with van der Waals surface area (Å²) in [6.45, 7) is 11.3. The molecule has 0 bridgehead atoms. The van der Waals surface area contributed by atoms with E-state index in [-0.39, 0.29) is 0 Å². The highest BCUT2D eigenvalue weighted by atomic mass is 79.9. The first-order valence-corrected chi connectivity index (χ1v) is 18.0. The Morgan fingerprint density at radius 3 is 1.33 bits per heavy atom. The second kappa shape index (κ2) is 14.1. The molecule has 0 aliphatic carbocycles. The van der Waals surface area contributed by atoms with Crippen molar-refractivity contribution in [2.24, 2.45) is 0 Å². The molecule has 4 aromatic heterocycles. The van der Waals surface area contributed by atoms with Crippen LogP contribution < -0.4 is 21.5 Å². The summed E-state index contributed by atoms with van der Waals surface area (Å²) in [5.74, 6) is 15.5. The van der Waals surface area contributed by atoms with Gasteiger partial charge in [-0.3, -0.25) is 0 Å². The molecule has 0 unspecified atom stereocenters. The van der Waals surface area contributed by atoms with Crippen LogP contribution in [0, 0.1) is 13.8 Å². The number of hydrogen-bond acceptors (Lipinski definition) is 16. The highest BCUT2D eigenvalue weighted by Gasteiger charge is 2.23. The molecular formula is C26H36Br2N16S2. The third-order valence-electron chi connectivity index (χ3n) is 7.94. The molecule has 4 N–H and O–H groups in total. The van der Waals surface area contributed by atoms with Crippen LogP contribution in [0.15, 0.2) is 29.3 Å². The summed E-state index contributed by atoms with van der Waals surface area (Å²) in [4.78, 5) is 28.1. The molecule has 0 amide bonds. The number of piperazine rings is 2. The standard InChI is InChI=1S/C26H36Br2N16S2/c1-15-19(27)21(33-23(31-15)41-11-7-39(3)8-12-41)45-25-37-35-17(43(25)29)5-6-18-36-38-26(44(18)30)46-22-20(28)16(2)32-24(34-22)42-13-9-40(4)10-14-42/h5-14,29-30H2,1-4H3. The highest BCUT2D eigenvalue weighted by Crippen LogP contribution is 2.35. The molecule has 46 heavy (non-hydrogen) atoms. The Bertz CT molecular complexity index is 1570. The van der Waals surface area contributed by atoms with Gasteiger partial charge in [0.15, 0.2) is 11.6 Å². The molecule has 16 nitrogen and oxygen atoms in total. The summed E-state index contributed by atoms with van der Waals surface area (Å²) < 4.78 is 4.58. The minimum absolute atomic E-state index is 0.463. The van der Waals surface area contributed by atoms with E-state index >= 15 is 0 Å². The summed E-state index contributed by atoms with van der Waals surface area (Å²) in [6, 6.07) is 0. The van der Waals surface area contributed by atoms with Crippen LogP contribution >= 0.6 is 55.4 Å². The highest BCUT2D eigenvalue weighted by molar-refractivity contribution is 9.10. The van der Waals surface area contributed by atoms with Gasteiger partial charge in [-0.25, -0.2) is 29.3 Å². The lowest BCUT2D eigenvalue weighted by molar-refractivity contribution is 0.311. The van der Waals surface area contributed by atoms with E-state index in [1.54, 1.807) is 0 Å². The molecule has 246 valence electrons. The minimum Gasteiger partial charge on any atom is -0.338 e. The molecular weight excluding hydrogens is 760 g/mol. The number of aromatic nitrogens is 10. The van der Waals surface area contributed by atoms with Gasteiger partial charge in [-0.2, -0.15) is 0 Å². The minimum atomic E-state index is 0.463. The van der Waals surface area contributed by atoms with Gasteiger partial charge < -0.3 is 31.3 Å². The van der Waals surface area contributed by atoms with Crippen LogP contribution in [-0.4, -0.2) is 126 Å². The number of hydrogen-bond donors (Lipinski definition) is 2. The van der Waals surface area contributed by atoms with E-state index in [4.69, 9.17) is 31.6 Å². The Morgan fingerprint density at radius 2 is 0.957 bits per heavy atom. The maximum Gasteiger partial charge on any atom is 0.226 e. The predicted molar refractivity (Wildman–Crippen MR) is 184 cm³/mol. The summed E-state index contributed by atoms with van der Waals surface area (Å²) in [5.41, 5.74) is 1.70. The number of anilines is 2. The fourth-order valence-corrected chi connectivity index (χ4v) is 7.45. The SMILES string of the molecule is Cc1nc(N2CCN(C)CC2)nc(Sc2nnc(CCc3nnc(Sc4nc(N5CCN(C)CC5)nc(C)c4Br)n3N)n2N)c1Br. The molecule has 2 aliphatic rings. The van der Waals surface area contributed by atoms with Crippen molar-refractivity contribution < 1.29 is 0 Å². The fraction of sp³-hybridized carbons (Fsp3) is 0.538. The largest absolute Gasteiger partial charge is 0.338 e. The van der Waals surface area contributed by atoms with Crippen LogP contribution in [0.4, 0.5) is 11.9 Å². The number of nitrogens with zero attached hydrogens (tertiary/aromatic N) is 14. The zero-order valence-corrected chi connectivity index (χ0v) is 30.9. The van der Waals surface area contributed by atoms with Crippen LogP contribution in [0.3, 0.4) is 0 Å². The molecule has 6 heterocycles. The Morgan fingerprint density at radius 1 is 0.587 bits per heavy atom. The molecule has 0 saturated carbocycles. The first-order valence-electron chi connectivity index (χ1n) is 14.8. The lowest BCUT2D eigenvalue weighted by Crippen LogP contribution is -2.45. The fourth-order valence-electron chi connectivity index (χ4n) is 4.96. The molecule has 6 rings (SSSR count). The van der Waals surface area contributed by atoms with Crippen LogP contribution in [0.5, 0.6) is 0 Å². The van der Waals surface area contributed by atoms with E-state index in [2.05, 4.69) is 85.9 Å². The van der Waals surface area contributed by atoms with Crippen molar-refractivity contribution >= 4 is 67.3 Å². The number of rotatable bonds is 9. The number of nitrogen functional groups attached to an aromatic ring is 2. The third-order valence-corrected chi connectivity index (χ3v) is 12.3. The second-order valence-corrected chi connectivity index (χ2v) is 14.8. The summed E-state index contributed by atoms with van der Waals surface area (Å²) in [5, 5.41) is 19.9. The van der Waals surface area contributed by atoms with Crippen molar-refractivity contribution in [3.63, 3.8) is 0 Å². The molecule has 2 saturated heterocycles. The van der Waals surface area contributed by atoms with Gasteiger partial charge in [-0.15, -0.1) is 20.4 Å². The monoisotopic (exact) mass is 794 g/mol. The zero-order valence-electron chi connectivity index (χ0n) is 26.1. The van der Waals surface area contributed by atoms with Crippen LogP contribution in [-0.2, 0) is 12.8 Å². The molecule has 20 heteroatoms. The van der Waals surface area contributed by atoms with Gasteiger partial charge in [0.2, 0.25) is 22.2 Å². The van der Waals surface area contributed by atoms with Crippen molar-refractivity contribution in [3.8, 4) is 0 Å². The van der Waals surface area contributed by atoms with Gasteiger partial charge in [0.1, 0.15) is 10.1 Å². The third kappa shape index (κ3) is 7.20. The molecule has 2 aliphatic heterocycles. The quantitative estimate of drug-likeness (QED) is 0.184. The average molecular weight is 797 g/mol. The van der Waals surface area contributed by atoms with Crippen LogP contribution in [0.2, 0.25) is 0 Å². The molecule has 2 fully saturated rings. The predicted octanol–water partition coefficient (Wildman–Crippen LogP) is 1.61. The average Bonchev–Trinajstić information content (AvgIpc) is 3.57. The molecule has 0 radical (unpaired) electrons. The molecule has 4 aromatic rings. The lowest BCUT2D eigenvalue weighted by Gasteiger charge is -2.32. The Balaban J connectivity index is 1.12. The molecule has 0 atom stereocenters. The summed E-state index contributed by atoms with van der Waals surface area (Å²) >= 11 is 9.98. The van der Waals surface area contributed by atoms with Crippen molar-refractivity contribution in [2.75, 3.05) is 87.9 Å². The zero-order chi connectivity index (χ0) is 32.5. The van der Waals surface area contributed by atoms with Crippen molar-refractivity contribution in [2.45, 2.75) is 47.1 Å². The first-order chi connectivity index (χ1) is 22.1. The number of nitrogens with two attached hydrogens (primary N) is 2. The number of likely N-dealkylation sites (N-methyl/N-ethyl adjacent to an activating group) is 2. The van der Waals surface area contributed by atoms with Crippen molar-refractivity contribution in [3.05, 3.63) is 32.0 Å². The maximum atomic E-state index is 6.45. The van der Waals surface area contributed by atoms with E-state index < -0.39 is 0 Å². The van der Waals surface area contributed by atoms with Gasteiger partial charge >= 0.3 is 0 Å². The van der Waals surface area contributed by atoms with Crippen LogP contribution in [0.25, 0.3) is 0 Å².